The van der Waals surface area contributed by atoms with Crippen molar-refractivity contribution in [3.63, 3.8) is 0 Å². The largest absolute Gasteiger partial charge is 0.208 e. The monoisotopic (exact) mass is 249 g/mol. The van der Waals surface area contributed by atoms with Gasteiger partial charge in [0.2, 0.25) is 5.70 Å². The lowest BCUT2D eigenvalue weighted by molar-refractivity contribution is -0.518. The zero-order valence-corrected chi connectivity index (χ0v) is 11.3. The molecule has 0 fully saturated rings. The lowest BCUT2D eigenvalue weighted by Crippen LogP contribution is -2.04. The van der Waals surface area contributed by atoms with Crippen molar-refractivity contribution >= 4 is 11.6 Å². The highest BCUT2D eigenvalue weighted by molar-refractivity contribution is 6.30. The minimum Gasteiger partial charge on any atom is -0.0953 e. The van der Waals surface area contributed by atoms with Crippen LogP contribution in [0.25, 0.3) is 0 Å². The van der Waals surface area contributed by atoms with Gasteiger partial charge in [-0.15, -0.1) is 0 Å². The Morgan fingerprint density at radius 3 is 2.47 bits per heavy atom. The quantitative estimate of drug-likeness (QED) is 0.722. The van der Waals surface area contributed by atoms with E-state index in [9.17, 15) is 0 Å². The highest BCUT2D eigenvalue weighted by Crippen LogP contribution is 2.21. The van der Waals surface area contributed by atoms with Gasteiger partial charge in [-0.25, -0.2) is 0 Å². The molecule has 2 nitrogen and oxygen atoms in total. The van der Waals surface area contributed by atoms with Crippen LogP contribution in [0, 0.1) is 5.92 Å². The van der Waals surface area contributed by atoms with Crippen LogP contribution in [-0.4, -0.2) is 17.8 Å². The summed E-state index contributed by atoms with van der Waals surface area (Å²) in [7, 11) is 2.02. The van der Waals surface area contributed by atoms with Gasteiger partial charge in [-0.05, 0) is 22.8 Å². The van der Waals surface area contributed by atoms with E-state index in [-0.39, 0.29) is 6.04 Å². The fourth-order valence-electron chi connectivity index (χ4n) is 2.16. The smallest absolute Gasteiger partial charge is 0.0953 e. The Morgan fingerprint density at radius 2 is 1.94 bits per heavy atom. The van der Waals surface area contributed by atoms with Crippen LogP contribution >= 0.6 is 11.6 Å². The van der Waals surface area contributed by atoms with Gasteiger partial charge in [-0.1, -0.05) is 42.3 Å². The van der Waals surface area contributed by atoms with Crippen molar-refractivity contribution < 1.29 is 4.70 Å². The first-order valence-corrected chi connectivity index (χ1v) is 6.34. The van der Waals surface area contributed by atoms with Crippen molar-refractivity contribution in [2.24, 2.45) is 11.0 Å². The summed E-state index contributed by atoms with van der Waals surface area (Å²) in [6.45, 7) is 4.39. The molecule has 90 valence electrons. The van der Waals surface area contributed by atoms with Gasteiger partial charge in [0.05, 0.1) is 0 Å². The van der Waals surface area contributed by atoms with Crippen LogP contribution in [0.2, 0.25) is 5.02 Å². The number of hydrogen-bond acceptors (Lipinski definition) is 1. The number of benzene rings is 1. The molecular weight excluding hydrogens is 232 g/mol. The number of rotatable bonds is 3. The molecular formula is C14H18ClN2+. The predicted molar refractivity (Wildman–Crippen MR) is 70.5 cm³/mol. The lowest BCUT2D eigenvalue weighted by Gasteiger charge is -2.01. The molecule has 0 aromatic heterocycles. The van der Waals surface area contributed by atoms with Gasteiger partial charge in [0.1, 0.15) is 6.04 Å². The zero-order chi connectivity index (χ0) is 12.4. The van der Waals surface area contributed by atoms with Crippen molar-refractivity contribution in [3.8, 4) is 0 Å². The van der Waals surface area contributed by atoms with Crippen molar-refractivity contribution in [2.75, 3.05) is 7.05 Å². The number of halogens is 1. The summed E-state index contributed by atoms with van der Waals surface area (Å²) in [5, 5.41) is 5.40. The molecule has 1 aromatic rings. The highest BCUT2D eigenvalue weighted by atomic mass is 35.5. The second kappa shape index (κ2) is 5.01. The standard InChI is InChI=1S/C14H18ClN2/c1-10(2)14-9-13(16-17(14)3)8-11-4-6-12(15)7-5-11/h4-7,9-10,13H,8H2,1-3H3/q+1. The van der Waals surface area contributed by atoms with Crippen LogP contribution in [0.15, 0.2) is 41.2 Å². The minimum atomic E-state index is 0.263. The second-order valence-electron chi connectivity index (χ2n) is 4.78. The first kappa shape index (κ1) is 12.3. The molecule has 1 aliphatic rings. The van der Waals surface area contributed by atoms with E-state index in [4.69, 9.17) is 11.6 Å². The van der Waals surface area contributed by atoms with Crippen molar-refractivity contribution in [1.82, 2.24) is 0 Å². The molecule has 1 heterocycles. The highest BCUT2D eigenvalue weighted by Gasteiger charge is 2.26. The van der Waals surface area contributed by atoms with Crippen molar-refractivity contribution in [3.05, 3.63) is 46.6 Å². The summed E-state index contributed by atoms with van der Waals surface area (Å²) in [6, 6.07) is 8.27. The first-order valence-electron chi connectivity index (χ1n) is 5.97. The number of allylic oxidation sites excluding steroid dienone is 1. The third-order valence-corrected chi connectivity index (χ3v) is 3.26. The van der Waals surface area contributed by atoms with E-state index in [0.717, 1.165) is 11.4 Å². The molecule has 0 saturated carbocycles. The van der Waals surface area contributed by atoms with Crippen LogP contribution in [0.5, 0.6) is 0 Å². The Labute approximate surface area is 108 Å². The van der Waals surface area contributed by atoms with E-state index in [2.05, 4.69) is 37.2 Å². The first-order chi connectivity index (χ1) is 8.06. The van der Waals surface area contributed by atoms with Crippen molar-refractivity contribution in [1.29, 1.82) is 0 Å². The van der Waals surface area contributed by atoms with Crippen LogP contribution in [-0.2, 0) is 6.42 Å². The maximum atomic E-state index is 5.87. The van der Waals surface area contributed by atoms with Gasteiger partial charge >= 0.3 is 0 Å². The molecule has 1 unspecified atom stereocenters. The van der Waals surface area contributed by atoms with E-state index in [1.54, 1.807) is 0 Å². The average molecular weight is 250 g/mol. The fraction of sp³-hybridized carbons (Fsp3) is 0.429. The molecule has 0 radical (unpaired) electrons. The number of azo groups is 2. The van der Waals surface area contributed by atoms with Gasteiger partial charge in [0, 0.05) is 23.4 Å². The Kier molecular flexibility index (Phi) is 3.63. The van der Waals surface area contributed by atoms with Crippen LogP contribution in [0.3, 0.4) is 0 Å². The van der Waals surface area contributed by atoms with Crippen LogP contribution in [0.1, 0.15) is 19.4 Å². The second-order valence-corrected chi connectivity index (χ2v) is 5.22. The summed E-state index contributed by atoms with van der Waals surface area (Å²) in [6.07, 6.45) is 3.21. The average Bonchev–Trinajstić information content (AvgIpc) is 2.63. The maximum Gasteiger partial charge on any atom is 0.208 e. The van der Waals surface area contributed by atoms with Gasteiger partial charge < -0.3 is 0 Å². The zero-order valence-electron chi connectivity index (χ0n) is 10.5. The molecule has 17 heavy (non-hydrogen) atoms. The normalized spacial score (nSPS) is 19.5. The molecule has 0 N–H and O–H groups in total. The third-order valence-electron chi connectivity index (χ3n) is 3.01. The summed E-state index contributed by atoms with van der Waals surface area (Å²) in [5.74, 6) is 0.527. The molecule has 1 aliphatic heterocycles. The third kappa shape index (κ3) is 2.95. The Balaban J connectivity index is 2.09. The molecule has 0 aliphatic carbocycles. The van der Waals surface area contributed by atoms with Gasteiger partial charge in [-0.2, -0.15) is 0 Å². The van der Waals surface area contributed by atoms with E-state index < -0.39 is 0 Å². The topological polar surface area (TPSA) is 15.4 Å². The van der Waals surface area contributed by atoms with Crippen molar-refractivity contribution in [2.45, 2.75) is 26.3 Å². The van der Waals surface area contributed by atoms with E-state index in [0.29, 0.717) is 5.92 Å². The fourth-order valence-corrected chi connectivity index (χ4v) is 2.28. The Bertz CT molecular complexity index is 458. The molecule has 0 amide bonds. The van der Waals surface area contributed by atoms with Gasteiger partial charge in [0.15, 0.2) is 7.05 Å². The molecule has 0 bridgehead atoms. The summed E-state index contributed by atoms with van der Waals surface area (Å²) in [4.78, 5) is 0. The molecule has 0 spiro atoms. The summed E-state index contributed by atoms with van der Waals surface area (Å²) >= 11 is 5.87. The maximum absolute atomic E-state index is 5.87. The van der Waals surface area contributed by atoms with Gasteiger partial charge in [0.25, 0.3) is 0 Å². The van der Waals surface area contributed by atoms with Gasteiger partial charge in [-0.3, -0.25) is 0 Å². The molecule has 1 aromatic carbocycles. The van der Waals surface area contributed by atoms with E-state index in [1.807, 2.05) is 23.9 Å². The van der Waals surface area contributed by atoms with Crippen LogP contribution in [0.4, 0.5) is 0 Å². The number of hydrogen-bond donors (Lipinski definition) is 0. The molecule has 3 heteroatoms. The number of nitrogens with zero attached hydrogens (tertiary/aromatic N) is 2. The Hall–Kier alpha value is -1.15. The van der Waals surface area contributed by atoms with E-state index in [1.165, 1.54) is 11.3 Å². The lowest BCUT2D eigenvalue weighted by atomic mass is 10.0. The van der Waals surface area contributed by atoms with E-state index >= 15 is 0 Å². The molecule has 2 rings (SSSR count). The molecule has 1 atom stereocenters. The Morgan fingerprint density at radius 1 is 1.29 bits per heavy atom. The van der Waals surface area contributed by atoms with Crippen LogP contribution < -0.4 is 0 Å². The minimum absolute atomic E-state index is 0.263. The summed E-state index contributed by atoms with van der Waals surface area (Å²) in [5.41, 5.74) is 2.58. The molecule has 0 saturated heterocycles. The SMILES string of the molecule is CC(C)C1=CC(Cc2ccc(Cl)cc2)N=[N+]1C. The predicted octanol–water partition coefficient (Wildman–Crippen LogP) is 3.90. The summed E-state index contributed by atoms with van der Waals surface area (Å²) < 4.78 is 2.01.